The number of amidine groups is 1. The molecular formula is C13H13Cl2N3O2. The lowest BCUT2D eigenvalue weighted by Crippen LogP contribution is -2.43. The Morgan fingerprint density at radius 1 is 1.15 bits per heavy atom. The van der Waals surface area contributed by atoms with Gasteiger partial charge in [0.15, 0.2) is 0 Å². The SMILES string of the molecule is O=C1N=C(N2CCOCC2)CN1c1ccc(Cl)c(Cl)c1. The normalized spacial score (nSPS) is 19.5. The molecule has 0 aromatic heterocycles. The van der Waals surface area contributed by atoms with Gasteiger partial charge in [0.25, 0.3) is 0 Å². The molecule has 0 N–H and O–H groups in total. The van der Waals surface area contributed by atoms with E-state index in [1.807, 2.05) is 0 Å². The van der Waals surface area contributed by atoms with E-state index in [1.165, 1.54) is 0 Å². The Morgan fingerprint density at radius 2 is 1.90 bits per heavy atom. The minimum Gasteiger partial charge on any atom is -0.378 e. The quantitative estimate of drug-likeness (QED) is 0.800. The van der Waals surface area contributed by atoms with Crippen LogP contribution in [0.15, 0.2) is 23.2 Å². The zero-order chi connectivity index (χ0) is 14.1. The van der Waals surface area contributed by atoms with Crippen molar-refractivity contribution >= 4 is 40.8 Å². The second-order valence-electron chi connectivity index (χ2n) is 4.59. The summed E-state index contributed by atoms with van der Waals surface area (Å²) in [6, 6.07) is 4.85. The van der Waals surface area contributed by atoms with E-state index in [4.69, 9.17) is 27.9 Å². The van der Waals surface area contributed by atoms with Crippen LogP contribution in [0.25, 0.3) is 0 Å². The number of urea groups is 1. The summed E-state index contributed by atoms with van der Waals surface area (Å²) in [6.45, 7) is 3.32. The van der Waals surface area contributed by atoms with Crippen LogP contribution in [0, 0.1) is 0 Å². The fourth-order valence-corrected chi connectivity index (χ4v) is 2.55. The largest absolute Gasteiger partial charge is 0.378 e. The molecule has 2 aliphatic rings. The van der Waals surface area contributed by atoms with Crippen molar-refractivity contribution in [3.63, 3.8) is 0 Å². The molecule has 1 fully saturated rings. The lowest BCUT2D eigenvalue weighted by atomic mass is 10.3. The summed E-state index contributed by atoms with van der Waals surface area (Å²) < 4.78 is 5.30. The van der Waals surface area contributed by atoms with Crippen molar-refractivity contribution in [1.29, 1.82) is 0 Å². The Morgan fingerprint density at radius 3 is 2.60 bits per heavy atom. The van der Waals surface area contributed by atoms with Gasteiger partial charge in [0.05, 0.1) is 29.8 Å². The van der Waals surface area contributed by atoms with Gasteiger partial charge in [-0.3, -0.25) is 4.90 Å². The van der Waals surface area contributed by atoms with Crippen LogP contribution in [0.1, 0.15) is 0 Å². The number of halogens is 2. The van der Waals surface area contributed by atoms with Gasteiger partial charge in [0.1, 0.15) is 5.84 Å². The number of ether oxygens (including phenoxy) is 1. The van der Waals surface area contributed by atoms with Crippen molar-refractivity contribution in [3.05, 3.63) is 28.2 Å². The lowest BCUT2D eigenvalue weighted by Gasteiger charge is -2.28. The summed E-state index contributed by atoms with van der Waals surface area (Å²) in [4.78, 5) is 19.8. The summed E-state index contributed by atoms with van der Waals surface area (Å²) in [7, 11) is 0. The number of carbonyl (C=O) groups is 1. The third-order valence-corrected chi connectivity index (χ3v) is 4.09. The molecule has 1 saturated heterocycles. The van der Waals surface area contributed by atoms with Crippen LogP contribution in [0.2, 0.25) is 10.0 Å². The number of aliphatic imine (C=N–C) groups is 1. The molecule has 0 atom stereocenters. The second-order valence-corrected chi connectivity index (χ2v) is 5.41. The van der Waals surface area contributed by atoms with Crippen LogP contribution in [-0.2, 0) is 4.74 Å². The van der Waals surface area contributed by atoms with E-state index in [0.29, 0.717) is 35.5 Å². The summed E-state index contributed by atoms with van der Waals surface area (Å²) in [5.74, 6) is 0.782. The summed E-state index contributed by atoms with van der Waals surface area (Å²) >= 11 is 11.9. The Balaban J connectivity index is 1.77. The maximum atomic E-state index is 12.0. The number of hydrogen-bond acceptors (Lipinski definition) is 3. The zero-order valence-electron chi connectivity index (χ0n) is 10.7. The molecule has 3 rings (SSSR count). The number of anilines is 1. The molecule has 2 aliphatic heterocycles. The van der Waals surface area contributed by atoms with Gasteiger partial charge in [-0.2, -0.15) is 4.99 Å². The molecule has 7 heteroatoms. The summed E-state index contributed by atoms with van der Waals surface area (Å²) in [6.07, 6.45) is 0. The molecule has 0 saturated carbocycles. The molecule has 5 nitrogen and oxygen atoms in total. The topological polar surface area (TPSA) is 45.1 Å². The predicted octanol–water partition coefficient (Wildman–Crippen LogP) is 2.66. The maximum absolute atomic E-state index is 12.0. The average Bonchev–Trinajstić information content (AvgIpc) is 2.85. The number of benzene rings is 1. The fraction of sp³-hybridized carbons (Fsp3) is 0.385. The number of nitrogens with zero attached hydrogens (tertiary/aromatic N) is 3. The molecule has 106 valence electrons. The zero-order valence-corrected chi connectivity index (χ0v) is 12.2. The highest BCUT2D eigenvalue weighted by molar-refractivity contribution is 6.42. The van der Waals surface area contributed by atoms with Gasteiger partial charge in [-0.15, -0.1) is 0 Å². The molecule has 1 aromatic rings. The molecule has 1 aromatic carbocycles. The van der Waals surface area contributed by atoms with Gasteiger partial charge >= 0.3 is 6.03 Å². The Labute approximate surface area is 126 Å². The van der Waals surface area contributed by atoms with Gasteiger partial charge in [0, 0.05) is 18.8 Å². The summed E-state index contributed by atoms with van der Waals surface area (Å²) in [5.41, 5.74) is 0.705. The number of morpholine rings is 1. The van der Waals surface area contributed by atoms with Crippen LogP contribution < -0.4 is 4.90 Å². The van der Waals surface area contributed by atoms with Crippen LogP contribution >= 0.6 is 23.2 Å². The second kappa shape index (κ2) is 5.60. The van der Waals surface area contributed by atoms with E-state index in [9.17, 15) is 4.79 Å². The smallest absolute Gasteiger partial charge is 0.350 e. The molecule has 0 aliphatic carbocycles. The van der Waals surface area contributed by atoms with E-state index < -0.39 is 0 Å². The Hall–Kier alpha value is -1.30. The fourth-order valence-electron chi connectivity index (χ4n) is 2.26. The first-order valence-electron chi connectivity index (χ1n) is 6.32. The monoisotopic (exact) mass is 313 g/mol. The van der Waals surface area contributed by atoms with E-state index >= 15 is 0 Å². The highest BCUT2D eigenvalue weighted by atomic mass is 35.5. The highest BCUT2D eigenvalue weighted by Gasteiger charge is 2.29. The van der Waals surface area contributed by atoms with Crippen molar-refractivity contribution in [2.45, 2.75) is 0 Å². The van der Waals surface area contributed by atoms with Gasteiger partial charge in [-0.05, 0) is 18.2 Å². The van der Waals surface area contributed by atoms with Crippen LogP contribution in [0.5, 0.6) is 0 Å². The van der Waals surface area contributed by atoms with E-state index in [2.05, 4.69) is 9.89 Å². The number of amides is 2. The first-order chi connectivity index (χ1) is 9.65. The minimum absolute atomic E-state index is 0.273. The first kappa shape index (κ1) is 13.7. The van der Waals surface area contributed by atoms with E-state index in [-0.39, 0.29) is 6.03 Å². The van der Waals surface area contributed by atoms with Gasteiger partial charge in [-0.25, -0.2) is 4.79 Å². The van der Waals surface area contributed by atoms with Gasteiger partial charge in [-0.1, -0.05) is 23.2 Å². The average molecular weight is 314 g/mol. The van der Waals surface area contributed by atoms with Crippen LogP contribution in [0.3, 0.4) is 0 Å². The molecule has 0 unspecified atom stereocenters. The van der Waals surface area contributed by atoms with Gasteiger partial charge in [0.2, 0.25) is 0 Å². The first-order valence-corrected chi connectivity index (χ1v) is 7.07. The van der Waals surface area contributed by atoms with Crippen LogP contribution in [0.4, 0.5) is 10.5 Å². The Kier molecular flexibility index (Phi) is 3.83. The number of carbonyl (C=O) groups excluding carboxylic acids is 1. The molecule has 20 heavy (non-hydrogen) atoms. The maximum Gasteiger partial charge on any atom is 0.350 e. The van der Waals surface area contributed by atoms with Gasteiger partial charge < -0.3 is 9.64 Å². The third-order valence-electron chi connectivity index (χ3n) is 3.35. The predicted molar refractivity (Wildman–Crippen MR) is 79.0 cm³/mol. The van der Waals surface area contributed by atoms with Crippen molar-refractivity contribution in [3.8, 4) is 0 Å². The van der Waals surface area contributed by atoms with Crippen LogP contribution in [-0.4, -0.2) is 49.6 Å². The molecule has 2 amide bonds. The van der Waals surface area contributed by atoms with Crippen molar-refractivity contribution in [1.82, 2.24) is 4.90 Å². The van der Waals surface area contributed by atoms with E-state index in [0.717, 1.165) is 18.9 Å². The number of hydrogen-bond donors (Lipinski definition) is 0. The standard InChI is InChI=1S/C13H13Cl2N3O2/c14-10-2-1-9(7-11(10)15)18-8-12(16-13(18)19)17-3-5-20-6-4-17/h1-2,7H,3-6,8H2. The Bertz CT molecular complexity index is 571. The lowest BCUT2D eigenvalue weighted by molar-refractivity contribution is 0.0678. The van der Waals surface area contributed by atoms with E-state index in [1.54, 1.807) is 23.1 Å². The molecule has 0 bridgehead atoms. The molecule has 2 heterocycles. The van der Waals surface area contributed by atoms with Crippen molar-refractivity contribution < 1.29 is 9.53 Å². The summed E-state index contributed by atoms with van der Waals surface area (Å²) in [5, 5.41) is 0.896. The number of rotatable bonds is 1. The molecule has 0 radical (unpaired) electrons. The minimum atomic E-state index is -0.273. The van der Waals surface area contributed by atoms with Crippen molar-refractivity contribution in [2.24, 2.45) is 4.99 Å². The molecule has 0 spiro atoms. The highest BCUT2D eigenvalue weighted by Crippen LogP contribution is 2.28. The molecular weight excluding hydrogens is 301 g/mol. The third kappa shape index (κ3) is 2.61. The van der Waals surface area contributed by atoms with Crippen molar-refractivity contribution in [2.75, 3.05) is 37.7 Å².